The normalized spacial score (nSPS) is 29.8. The zero-order valence-electron chi connectivity index (χ0n) is 12.5. The molecule has 0 aromatic rings. The van der Waals surface area contributed by atoms with Crippen molar-refractivity contribution in [3.63, 3.8) is 0 Å². The average molecular weight is 296 g/mol. The van der Waals surface area contributed by atoms with E-state index < -0.39 is 11.9 Å². The van der Waals surface area contributed by atoms with Crippen LogP contribution in [0.3, 0.4) is 0 Å². The second kappa shape index (κ2) is 6.91. The number of piperidine rings is 1. The molecule has 1 saturated carbocycles. The van der Waals surface area contributed by atoms with Crippen LogP contribution in [0, 0.1) is 11.8 Å². The van der Waals surface area contributed by atoms with Crippen molar-refractivity contribution < 1.29 is 19.5 Å². The fraction of sp³-hybridized carbons (Fsp3) is 0.800. The lowest BCUT2D eigenvalue weighted by molar-refractivity contribution is -0.144. The van der Waals surface area contributed by atoms with Crippen molar-refractivity contribution in [1.82, 2.24) is 10.2 Å². The number of aliphatic carboxylic acids is 1. The Bertz CT molecular complexity index is 424. The van der Waals surface area contributed by atoms with E-state index in [0.717, 1.165) is 32.1 Å². The van der Waals surface area contributed by atoms with Crippen LogP contribution in [-0.4, -0.2) is 46.9 Å². The lowest BCUT2D eigenvalue weighted by Gasteiger charge is -2.34. The average Bonchev–Trinajstić information content (AvgIpc) is 2.47. The number of amides is 2. The summed E-state index contributed by atoms with van der Waals surface area (Å²) in [5.41, 5.74) is 0. The van der Waals surface area contributed by atoms with Crippen LogP contribution in [0.25, 0.3) is 0 Å². The summed E-state index contributed by atoms with van der Waals surface area (Å²) in [5.74, 6) is -1.61. The number of likely N-dealkylation sites (tertiary alicyclic amines) is 1. The number of carboxylic acid groups (broad SMARTS) is 1. The maximum Gasteiger partial charge on any atom is 0.308 e. The third-order valence-corrected chi connectivity index (χ3v) is 4.65. The fourth-order valence-corrected chi connectivity index (χ4v) is 3.38. The molecule has 2 amide bonds. The van der Waals surface area contributed by atoms with Crippen molar-refractivity contribution in [1.29, 1.82) is 0 Å². The molecule has 2 N–H and O–H groups in total. The second-order valence-corrected chi connectivity index (χ2v) is 6.15. The van der Waals surface area contributed by atoms with Crippen LogP contribution in [0.5, 0.6) is 0 Å². The van der Waals surface area contributed by atoms with Crippen molar-refractivity contribution in [3.05, 3.63) is 0 Å². The highest BCUT2D eigenvalue weighted by Gasteiger charge is 2.34. The van der Waals surface area contributed by atoms with Gasteiger partial charge in [-0.2, -0.15) is 0 Å². The van der Waals surface area contributed by atoms with E-state index in [1.807, 2.05) is 0 Å². The standard InChI is InChI=1S/C15H24N2O4/c1-10(18)17-8-4-5-11(9-17)14(19)16-13-7-3-2-6-12(13)15(20)21/h11-13H,2-9H2,1H3,(H,16,19)(H,20,21). The molecule has 1 heterocycles. The summed E-state index contributed by atoms with van der Waals surface area (Å²) in [6.07, 6.45) is 4.81. The van der Waals surface area contributed by atoms with Gasteiger partial charge in [0.2, 0.25) is 11.8 Å². The van der Waals surface area contributed by atoms with Gasteiger partial charge in [0.05, 0.1) is 11.8 Å². The molecule has 0 aromatic heterocycles. The van der Waals surface area contributed by atoms with Crippen molar-refractivity contribution in [2.45, 2.75) is 51.5 Å². The van der Waals surface area contributed by atoms with Crippen LogP contribution >= 0.6 is 0 Å². The van der Waals surface area contributed by atoms with Gasteiger partial charge < -0.3 is 15.3 Å². The molecule has 1 saturated heterocycles. The van der Waals surface area contributed by atoms with Crippen LogP contribution in [-0.2, 0) is 14.4 Å². The van der Waals surface area contributed by atoms with Crippen LogP contribution in [0.4, 0.5) is 0 Å². The molecule has 0 aromatic carbocycles. The highest BCUT2D eigenvalue weighted by molar-refractivity contribution is 5.82. The van der Waals surface area contributed by atoms with E-state index in [2.05, 4.69) is 5.32 Å². The highest BCUT2D eigenvalue weighted by Crippen LogP contribution is 2.25. The van der Waals surface area contributed by atoms with E-state index >= 15 is 0 Å². The molecule has 6 nitrogen and oxygen atoms in total. The number of rotatable bonds is 3. The summed E-state index contributed by atoms with van der Waals surface area (Å²) in [7, 11) is 0. The third kappa shape index (κ3) is 3.95. The maximum absolute atomic E-state index is 12.4. The van der Waals surface area contributed by atoms with E-state index in [1.165, 1.54) is 6.92 Å². The molecule has 1 aliphatic carbocycles. The lowest BCUT2D eigenvalue weighted by Crippen LogP contribution is -2.50. The predicted octanol–water partition coefficient (Wildman–Crippen LogP) is 1.00. The van der Waals surface area contributed by atoms with Crippen molar-refractivity contribution >= 4 is 17.8 Å². The monoisotopic (exact) mass is 296 g/mol. The molecule has 21 heavy (non-hydrogen) atoms. The molecular weight excluding hydrogens is 272 g/mol. The summed E-state index contributed by atoms with van der Waals surface area (Å²) in [5, 5.41) is 12.2. The quantitative estimate of drug-likeness (QED) is 0.813. The number of nitrogens with zero attached hydrogens (tertiary/aromatic N) is 1. The summed E-state index contributed by atoms with van der Waals surface area (Å²) in [6.45, 7) is 2.67. The van der Waals surface area contributed by atoms with E-state index in [1.54, 1.807) is 4.90 Å². The zero-order valence-corrected chi connectivity index (χ0v) is 12.5. The first-order valence-electron chi connectivity index (χ1n) is 7.77. The van der Waals surface area contributed by atoms with Crippen molar-refractivity contribution in [2.24, 2.45) is 11.8 Å². The largest absolute Gasteiger partial charge is 0.481 e. The van der Waals surface area contributed by atoms with E-state index in [9.17, 15) is 19.5 Å². The van der Waals surface area contributed by atoms with Gasteiger partial charge in [0.1, 0.15) is 0 Å². The maximum atomic E-state index is 12.4. The molecule has 0 radical (unpaired) electrons. The van der Waals surface area contributed by atoms with Gasteiger partial charge >= 0.3 is 5.97 Å². The number of nitrogens with one attached hydrogen (secondary N) is 1. The molecule has 6 heteroatoms. The first-order valence-corrected chi connectivity index (χ1v) is 7.77. The van der Waals surface area contributed by atoms with Gasteiger partial charge in [0, 0.05) is 26.1 Å². The molecule has 3 unspecified atom stereocenters. The van der Waals surface area contributed by atoms with E-state index in [-0.39, 0.29) is 23.8 Å². The smallest absolute Gasteiger partial charge is 0.308 e. The number of carbonyl (C=O) groups is 3. The van der Waals surface area contributed by atoms with Crippen LogP contribution in [0.15, 0.2) is 0 Å². The van der Waals surface area contributed by atoms with E-state index in [0.29, 0.717) is 19.5 Å². The van der Waals surface area contributed by atoms with Crippen LogP contribution in [0.2, 0.25) is 0 Å². The Hall–Kier alpha value is -1.59. The van der Waals surface area contributed by atoms with Gasteiger partial charge in [-0.15, -0.1) is 0 Å². The molecule has 2 aliphatic rings. The molecule has 2 rings (SSSR count). The Labute approximate surface area is 124 Å². The number of hydrogen-bond donors (Lipinski definition) is 2. The SMILES string of the molecule is CC(=O)N1CCCC(C(=O)NC2CCCCC2C(=O)O)C1. The molecule has 118 valence electrons. The Morgan fingerprint density at radius 1 is 1.10 bits per heavy atom. The molecule has 0 bridgehead atoms. The molecular formula is C15H24N2O4. The summed E-state index contributed by atoms with van der Waals surface area (Å²) >= 11 is 0. The lowest BCUT2D eigenvalue weighted by atomic mass is 9.84. The van der Waals surface area contributed by atoms with Crippen LogP contribution in [0.1, 0.15) is 45.4 Å². The minimum Gasteiger partial charge on any atom is -0.481 e. The first-order chi connectivity index (χ1) is 9.99. The molecule has 1 aliphatic heterocycles. The Balaban J connectivity index is 1.93. The molecule has 0 spiro atoms. The number of carboxylic acids is 1. The minimum absolute atomic E-state index is 0.00595. The van der Waals surface area contributed by atoms with Crippen molar-refractivity contribution in [3.8, 4) is 0 Å². The van der Waals surface area contributed by atoms with Gasteiger partial charge in [-0.1, -0.05) is 12.8 Å². The second-order valence-electron chi connectivity index (χ2n) is 6.15. The highest BCUT2D eigenvalue weighted by atomic mass is 16.4. The van der Waals surface area contributed by atoms with Gasteiger partial charge in [-0.3, -0.25) is 14.4 Å². The van der Waals surface area contributed by atoms with Crippen molar-refractivity contribution in [2.75, 3.05) is 13.1 Å². The Morgan fingerprint density at radius 3 is 2.48 bits per heavy atom. The minimum atomic E-state index is -0.825. The summed E-state index contributed by atoms with van der Waals surface area (Å²) in [4.78, 5) is 36.7. The van der Waals surface area contributed by atoms with Crippen LogP contribution < -0.4 is 5.32 Å². The number of carbonyl (C=O) groups excluding carboxylic acids is 2. The van der Waals surface area contributed by atoms with E-state index in [4.69, 9.17) is 0 Å². The topological polar surface area (TPSA) is 86.7 Å². The summed E-state index contributed by atoms with van der Waals surface area (Å²) < 4.78 is 0. The predicted molar refractivity (Wildman–Crippen MR) is 76.5 cm³/mol. The van der Waals surface area contributed by atoms with Gasteiger partial charge in [0.25, 0.3) is 0 Å². The fourth-order valence-electron chi connectivity index (χ4n) is 3.38. The summed E-state index contributed by atoms with van der Waals surface area (Å²) in [6, 6.07) is -0.267. The Kier molecular flexibility index (Phi) is 5.20. The molecule has 3 atom stereocenters. The zero-order chi connectivity index (χ0) is 15.4. The first kappa shape index (κ1) is 15.8. The van der Waals surface area contributed by atoms with Gasteiger partial charge in [-0.05, 0) is 25.7 Å². The Morgan fingerprint density at radius 2 is 1.81 bits per heavy atom. The third-order valence-electron chi connectivity index (χ3n) is 4.65. The molecule has 2 fully saturated rings. The van der Waals surface area contributed by atoms with Gasteiger partial charge in [-0.25, -0.2) is 0 Å². The number of hydrogen-bond acceptors (Lipinski definition) is 3. The van der Waals surface area contributed by atoms with Gasteiger partial charge in [0.15, 0.2) is 0 Å².